The molecule has 1 rings (SSSR count). The van der Waals surface area contributed by atoms with E-state index in [2.05, 4.69) is 0 Å². The Morgan fingerprint density at radius 3 is 2.76 bits per heavy atom. The summed E-state index contributed by atoms with van der Waals surface area (Å²) < 4.78 is 23.5. The monoisotopic (exact) mass is 257 g/mol. The molecule has 0 heterocycles. The van der Waals surface area contributed by atoms with Crippen LogP contribution in [0.25, 0.3) is 0 Å². The Hall–Kier alpha value is -1.04. The molecule has 0 fully saturated rings. The summed E-state index contributed by atoms with van der Waals surface area (Å²) in [5.74, 6) is -0.356. The fraction of sp³-hybridized carbons (Fsp3) is 0.417. The predicted molar refractivity (Wildman–Crippen MR) is 68.4 cm³/mol. The molecule has 17 heavy (non-hydrogen) atoms. The van der Waals surface area contributed by atoms with E-state index in [0.29, 0.717) is 25.4 Å². The number of hydrogen-bond donors (Lipinski definition) is 1. The number of thiocarbonyl (C=S) groups is 1. The van der Waals surface area contributed by atoms with Crippen LogP contribution < -0.4 is 5.73 Å². The average molecular weight is 257 g/mol. The van der Waals surface area contributed by atoms with E-state index < -0.39 is 0 Å². The van der Waals surface area contributed by atoms with E-state index in [1.54, 1.807) is 13.2 Å². The molecule has 0 bridgehead atoms. The van der Waals surface area contributed by atoms with Gasteiger partial charge >= 0.3 is 0 Å². The highest BCUT2D eigenvalue weighted by Crippen LogP contribution is 2.10. The van der Waals surface area contributed by atoms with E-state index in [9.17, 15) is 4.39 Å². The van der Waals surface area contributed by atoms with Gasteiger partial charge in [-0.15, -0.1) is 0 Å². The van der Waals surface area contributed by atoms with Crippen molar-refractivity contribution in [3.63, 3.8) is 0 Å². The van der Waals surface area contributed by atoms with Gasteiger partial charge in [0.1, 0.15) is 10.8 Å². The molecular formula is C12H16FNO2S. The molecule has 0 aliphatic heterocycles. The molecule has 0 spiro atoms. The molecular weight excluding hydrogens is 241 g/mol. The summed E-state index contributed by atoms with van der Waals surface area (Å²) in [5.41, 5.74) is 6.70. The largest absolute Gasteiger partial charge is 0.389 e. The van der Waals surface area contributed by atoms with E-state index in [1.807, 2.05) is 0 Å². The van der Waals surface area contributed by atoms with Crippen molar-refractivity contribution >= 4 is 17.2 Å². The molecule has 2 N–H and O–H groups in total. The lowest BCUT2D eigenvalue weighted by Crippen LogP contribution is -2.10. The van der Waals surface area contributed by atoms with Crippen molar-refractivity contribution in [3.05, 3.63) is 35.1 Å². The van der Waals surface area contributed by atoms with Gasteiger partial charge in [0.25, 0.3) is 0 Å². The lowest BCUT2D eigenvalue weighted by Gasteiger charge is -2.06. The number of hydrogen-bond acceptors (Lipinski definition) is 3. The van der Waals surface area contributed by atoms with Crippen molar-refractivity contribution in [1.29, 1.82) is 0 Å². The van der Waals surface area contributed by atoms with Crippen LogP contribution >= 0.6 is 12.2 Å². The summed E-state index contributed by atoms with van der Waals surface area (Å²) in [7, 11) is 1.64. The van der Waals surface area contributed by atoms with Crippen molar-refractivity contribution in [2.75, 3.05) is 20.3 Å². The summed E-state index contributed by atoms with van der Waals surface area (Å²) >= 11 is 4.80. The Morgan fingerprint density at radius 2 is 2.12 bits per heavy atom. The molecule has 94 valence electrons. The first-order valence-electron chi connectivity index (χ1n) is 5.29. The van der Waals surface area contributed by atoms with Crippen LogP contribution in [0.3, 0.4) is 0 Å². The van der Waals surface area contributed by atoms with E-state index in [0.717, 1.165) is 12.0 Å². The molecule has 0 aromatic heterocycles. The number of halogens is 1. The van der Waals surface area contributed by atoms with Crippen molar-refractivity contribution in [3.8, 4) is 0 Å². The highest BCUT2D eigenvalue weighted by molar-refractivity contribution is 7.80. The quantitative estimate of drug-likeness (QED) is 0.599. The molecule has 0 saturated heterocycles. The van der Waals surface area contributed by atoms with Crippen molar-refractivity contribution in [2.24, 2.45) is 5.73 Å². The lowest BCUT2D eigenvalue weighted by atomic mass is 10.1. The van der Waals surface area contributed by atoms with Gasteiger partial charge < -0.3 is 15.2 Å². The maximum Gasteiger partial charge on any atom is 0.124 e. The number of benzene rings is 1. The zero-order valence-electron chi connectivity index (χ0n) is 9.74. The Bertz CT molecular complexity index is 385. The zero-order valence-corrected chi connectivity index (χ0v) is 10.6. The summed E-state index contributed by atoms with van der Waals surface area (Å²) in [6.45, 7) is 1.57. The minimum atomic E-state index is -0.356. The van der Waals surface area contributed by atoms with E-state index in [-0.39, 0.29) is 10.8 Å². The zero-order chi connectivity index (χ0) is 12.7. The topological polar surface area (TPSA) is 44.5 Å². The Morgan fingerprint density at radius 1 is 1.35 bits per heavy atom. The maximum atomic E-state index is 13.2. The van der Waals surface area contributed by atoms with Gasteiger partial charge in [-0.05, 0) is 30.2 Å². The third-order valence-corrected chi connectivity index (χ3v) is 2.38. The second-order valence-electron chi connectivity index (χ2n) is 3.61. The summed E-state index contributed by atoms with van der Waals surface area (Å²) in [5, 5.41) is 0. The fourth-order valence-electron chi connectivity index (χ4n) is 1.37. The molecule has 0 aliphatic carbocycles. The summed E-state index contributed by atoms with van der Waals surface area (Å²) in [6, 6.07) is 4.47. The molecule has 0 radical (unpaired) electrons. The van der Waals surface area contributed by atoms with Crippen LogP contribution in [0.15, 0.2) is 18.2 Å². The van der Waals surface area contributed by atoms with Crippen molar-refractivity contribution in [1.82, 2.24) is 0 Å². The minimum absolute atomic E-state index is 0.185. The molecule has 3 nitrogen and oxygen atoms in total. The standard InChI is InChI=1S/C12H16FNO2S/c1-15-3-2-4-16-8-9-5-10(12(14)17)7-11(13)6-9/h5-7H,2-4,8H2,1H3,(H2,14,17). The van der Waals surface area contributed by atoms with Gasteiger partial charge in [-0.2, -0.15) is 0 Å². The second kappa shape index (κ2) is 7.32. The number of ether oxygens (including phenoxy) is 2. The third kappa shape index (κ3) is 5.21. The van der Waals surface area contributed by atoms with Crippen LogP contribution in [0, 0.1) is 5.82 Å². The highest BCUT2D eigenvalue weighted by Gasteiger charge is 2.03. The third-order valence-electron chi connectivity index (χ3n) is 2.15. The van der Waals surface area contributed by atoms with Crippen LogP contribution in [0.4, 0.5) is 4.39 Å². The molecule has 0 aliphatic rings. The first-order chi connectivity index (χ1) is 8.13. The van der Waals surface area contributed by atoms with E-state index in [1.165, 1.54) is 12.1 Å². The van der Waals surface area contributed by atoms with Crippen LogP contribution in [0.5, 0.6) is 0 Å². The molecule has 0 amide bonds. The van der Waals surface area contributed by atoms with E-state index in [4.69, 9.17) is 27.4 Å². The first-order valence-corrected chi connectivity index (χ1v) is 5.70. The number of rotatable bonds is 7. The molecule has 0 unspecified atom stereocenters. The number of nitrogens with two attached hydrogens (primary N) is 1. The smallest absolute Gasteiger partial charge is 0.124 e. The average Bonchev–Trinajstić information content (AvgIpc) is 2.28. The van der Waals surface area contributed by atoms with Crippen LogP contribution in [0.2, 0.25) is 0 Å². The van der Waals surface area contributed by atoms with Gasteiger partial charge in [0.15, 0.2) is 0 Å². The van der Waals surface area contributed by atoms with Gasteiger partial charge in [0.05, 0.1) is 6.61 Å². The van der Waals surface area contributed by atoms with Crippen molar-refractivity contribution < 1.29 is 13.9 Å². The Kier molecular flexibility index (Phi) is 6.04. The van der Waals surface area contributed by atoms with Gasteiger partial charge in [-0.1, -0.05) is 12.2 Å². The molecule has 0 saturated carbocycles. The second-order valence-corrected chi connectivity index (χ2v) is 4.05. The van der Waals surface area contributed by atoms with Gasteiger partial charge in [-0.3, -0.25) is 0 Å². The lowest BCUT2D eigenvalue weighted by molar-refractivity contribution is 0.0927. The maximum absolute atomic E-state index is 13.2. The van der Waals surface area contributed by atoms with Gasteiger partial charge in [0, 0.05) is 25.9 Å². The predicted octanol–water partition coefficient (Wildman–Crippen LogP) is 2.01. The molecule has 5 heteroatoms. The first kappa shape index (κ1) is 14.0. The highest BCUT2D eigenvalue weighted by atomic mass is 32.1. The van der Waals surface area contributed by atoms with Crippen LogP contribution in [0.1, 0.15) is 17.5 Å². The minimum Gasteiger partial charge on any atom is -0.389 e. The summed E-state index contributed by atoms with van der Waals surface area (Å²) in [4.78, 5) is 0.185. The molecule has 0 atom stereocenters. The number of methoxy groups -OCH3 is 1. The molecule has 1 aromatic rings. The Labute approximate surface area is 106 Å². The Balaban J connectivity index is 2.50. The normalized spacial score (nSPS) is 10.5. The van der Waals surface area contributed by atoms with Crippen LogP contribution in [-0.2, 0) is 16.1 Å². The fourth-order valence-corrected chi connectivity index (χ4v) is 1.49. The van der Waals surface area contributed by atoms with Crippen molar-refractivity contribution in [2.45, 2.75) is 13.0 Å². The SMILES string of the molecule is COCCCOCc1cc(F)cc(C(N)=S)c1. The van der Waals surface area contributed by atoms with E-state index >= 15 is 0 Å². The van der Waals surface area contributed by atoms with Crippen LogP contribution in [-0.4, -0.2) is 25.3 Å². The molecule has 1 aromatic carbocycles. The van der Waals surface area contributed by atoms with Gasteiger partial charge in [0.2, 0.25) is 0 Å². The van der Waals surface area contributed by atoms with Gasteiger partial charge in [-0.25, -0.2) is 4.39 Å². The summed E-state index contributed by atoms with van der Waals surface area (Å²) in [6.07, 6.45) is 0.813.